The fraction of sp³-hybridized carbons (Fsp3) is 0.278. The molecule has 0 aliphatic rings. The molecule has 0 fully saturated rings. The maximum absolute atomic E-state index is 12.0. The van der Waals surface area contributed by atoms with E-state index in [1.807, 2.05) is 31.2 Å². The van der Waals surface area contributed by atoms with Crippen LogP contribution in [0.3, 0.4) is 0 Å². The normalized spacial score (nSPS) is 11.2. The number of carbonyl (C=O) groups is 1. The van der Waals surface area contributed by atoms with Crippen molar-refractivity contribution in [2.24, 2.45) is 5.73 Å². The maximum Gasteiger partial charge on any atom is 0.243 e. The van der Waals surface area contributed by atoms with Gasteiger partial charge >= 0.3 is 0 Å². The molecule has 7 heteroatoms. The first-order chi connectivity index (χ1) is 11.6. The number of para-hydroxylation sites is 2. The summed E-state index contributed by atoms with van der Waals surface area (Å²) in [5.41, 5.74) is 6.28. The average molecular weight is 367 g/mol. The highest BCUT2D eigenvalue weighted by molar-refractivity contribution is 5.96. The van der Waals surface area contributed by atoms with Gasteiger partial charge in [0, 0.05) is 7.11 Å². The van der Waals surface area contributed by atoms with Crippen LogP contribution in [0.15, 0.2) is 48.5 Å². The van der Waals surface area contributed by atoms with Crippen molar-refractivity contribution in [3.8, 4) is 17.2 Å². The Bertz CT molecular complexity index is 664. The molecule has 25 heavy (non-hydrogen) atoms. The van der Waals surface area contributed by atoms with Gasteiger partial charge in [-0.05, 0) is 43.3 Å². The van der Waals surface area contributed by atoms with Gasteiger partial charge in [0.25, 0.3) is 0 Å². The number of benzene rings is 2. The first-order valence-electron chi connectivity index (χ1n) is 7.69. The number of rotatable bonds is 8. The second-order valence-electron chi connectivity index (χ2n) is 5.05. The molecule has 2 aromatic rings. The molecule has 0 saturated heterocycles. The summed E-state index contributed by atoms with van der Waals surface area (Å²) in [5.74, 6) is 1.61. The summed E-state index contributed by atoms with van der Waals surface area (Å²) in [6, 6.07) is 13.7. The molecule has 3 N–H and O–H groups in total. The molecular weight excluding hydrogens is 344 g/mol. The number of halogens is 1. The van der Waals surface area contributed by atoms with E-state index in [9.17, 15) is 4.79 Å². The van der Waals surface area contributed by atoms with E-state index in [0.29, 0.717) is 23.8 Å². The molecule has 0 bridgehead atoms. The van der Waals surface area contributed by atoms with Crippen molar-refractivity contribution in [3.05, 3.63) is 48.5 Å². The fourth-order valence-electron chi connectivity index (χ4n) is 2.04. The number of methoxy groups -OCH3 is 1. The van der Waals surface area contributed by atoms with E-state index in [-0.39, 0.29) is 24.9 Å². The van der Waals surface area contributed by atoms with E-state index < -0.39 is 6.04 Å². The van der Waals surface area contributed by atoms with Gasteiger partial charge in [-0.15, -0.1) is 12.4 Å². The molecule has 6 nitrogen and oxygen atoms in total. The van der Waals surface area contributed by atoms with Crippen molar-refractivity contribution in [1.29, 1.82) is 0 Å². The summed E-state index contributed by atoms with van der Waals surface area (Å²) >= 11 is 0. The third-order valence-electron chi connectivity index (χ3n) is 3.19. The van der Waals surface area contributed by atoms with Gasteiger partial charge in [0.2, 0.25) is 5.91 Å². The minimum absolute atomic E-state index is 0. The smallest absolute Gasteiger partial charge is 0.243 e. The predicted molar refractivity (Wildman–Crippen MR) is 99.9 cm³/mol. The molecule has 0 radical (unpaired) electrons. The molecule has 0 aliphatic carbocycles. The largest absolute Gasteiger partial charge is 0.494 e. The molecule has 0 heterocycles. The van der Waals surface area contributed by atoms with Crippen molar-refractivity contribution >= 4 is 24.0 Å². The summed E-state index contributed by atoms with van der Waals surface area (Å²) in [7, 11) is 1.50. The highest BCUT2D eigenvalue weighted by Gasteiger charge is 2.15. The Kier molecular flexibility index (Phi) is 8.77. The molecule has 2 aromatic carbocycles. The lowest BCUT2D eigenvalue weighted by Crippen LogP contribution is -2.39. The second-order valence-corrected chi connectivity index (χ2v) is 5.05. The molecule has 0 aromatic heterocycles. The van der Waals surface area contributed by atoms with Crippen molar-refractivity contribution in [1.82, 2.24) is 0 Å². The van der Waals surface area contributed by atoms with E-state index in [2.05, 4.69) is 5.32 Å². The minimum Gasteiger partial charge on any atom is -0.494 e. The highest BCUT2D eigenvalue weighted by Crippen LogP contribution is 2.30. The SMILES string of the molecule is CCOc1ccc(Oc2ccccc2NC(=O)C(N)COC)cc1.Cl. The lowest BCUT2D eigenvalue weighted by molar-refractivity contribution is -0.118. The second kappa shape index (κ2) is 10.6. The standard InChI is InChI=1S/C18H22N2O4.ClH/c1-3-23-13-8-10-14(11-9-13)24-17-7-5-4-6-16(17)20-18(21)15(19)12-22-2;/h4-11,15H,3,12,19H2,1-2H3,(H,20,21);1H. The van der Waals surface area contributed by atoms with Crippen LogP contribution in [0, 0.1) is 0 Å². The molecule has 2 rings (SSSR count). The maximum atomic E-state index is 12.0. The Balaban J connectivity index is 0.00000312. The van der Waals surface area contributed by atoms with E-state index in [1.54, 1.807) is 24.3 Å². The number of carbonyl (C=O) groups excluding carboxylic acids is 1. The van der Waals surface area contributed by atoms with Crippen molar-refractivity contribution in [3.63, 3.8) is 0 Å². The van der Waals surface area contributed by atoms with E-state index in [4.69, 9.17) is 19.9 Å². The molecule has 0 aliphatic heterocycles. The van der Waals surface area contributed by atoms with Crippen LogP contribution in [-0.2, 0) is 9.53 Å². The Morgan fingerprint density at radius 1 is 1.12 bits per heavy atom. The van der Waals surface area contributed by atoms with Gasteiger partial charge in [0.1, 0.15) is 17.5 Å². The summed E-state index contributed by atoms with van der Waals surface area (Å²) in [4.78, 5) is 12.0. The van der Waals surface area contributed by atoms with E-state index >= 15 is 0 Å². The van der Waals surface area contributed by atoms with Gasteiger partial charge < -0.3 is 25.3 Å². The summed E-state index contributed by atoms with van der Waals surface area (Å²) in [5, 5.41) is 2.75. The van der Waals surface area contributed by atoms with Crippen molar-refractivity contribution < 1.29 is 19.0 Å². The Labute approximate surface area is 153 Å². The summed E-state index contributed by atoms with van der Waals surface area (Å²) in [6.45, 7) is 2.68. The quantitative estimate of drug-likeness (QED) is 0.749. The summed E-state index contributed by atoms with van der Waals surface area (Å²) < 4.78 is 16.1. The first kappa shape index (κ1) is 20.8. The van der Waals surface area contributed by atoms with Crippen molar-refractivity contribution in [2.75, 3.05) is 25.6 Å². The zero-order chi connectivity index (χ0) is 17.4. The Morgan fingerprint density at radius 3 is 2.40 bits per heavy atom. The number of nitrogens with one attached hydrogen (secondary N) is 1. The zero-order valence-electron chi connectivity index (χ0n) is 14.2. The van der Waals surface area contributed by atoms with Crippen LogP contribution >= 0.6 is 12.4 Å². The lowest BCUT2D eigenvalue weighted by Gasteiger charge is -2.15. The van der Waals surface area contributed by atoms with Crippen LogP contribution in [0.4, 0.5) is 5.69 Å². The van der Waals surface area contributed by atoms with Gasteiger partial charge in [-0.1, -0.05) is 12.1 Å². The Hall–Kier alpha value is -2.28. The molecule has 0 spiro atoms. The van der Waals surface area contributed by atoms with E-state index in [0.717, 1.165) is 5.75 Å². The first-order valence-corrected chi connectivity index (χ1v) is 7.69. The monoisotopic (exact) mass is 366 g/mol. The third-order valence-corrected chi connectivity index (χ3v) is 3.19. The van der Waals surface area contributed by atoms with Crippen LogP contribution < -0.4 is 20.5 Å². The van der Waals surface area contributed by atoms with Crippen LogP contribution in [0.1, 0.15) is 6.92 Å². The minimum atomic E-state index is -0.742. The van der Waals surface area contributed by atoms with Crippen LogP contribution in [0.5, 0.6) is 17.2 Å². The topological polar surface area (TPSA) is 82.8 Å². The van der Waals surface area contributed by atoms with Gasteiger partial charge in [-0.25, -0.2) is 0 Å². The molecule has 136 valence electrons. The average Bonchev–Trinajstić information content (AvgIpc) is 2.59. The number of hydrogen-bond donors (Lipinski definition) is 2. The third kappa shape index (κ3) is 6.26. The van der Waals surface area contributed by atoms with Crippen LogP contribution in [-0.4, -0.2) is 32.3 Å². The molecule has 1 atom stereocenters. The number of hydrogen-bond acceptors (Lipinski definition) is 5. The molecule has 0 saturated carbocycles. The van der Waals surface area contributed by atoms with Gasteiger partial charge in [-0.2, -0.15) is 0 Å². The molecule has 1 amide bonds. The predicted octanol–water partition coefficient (Wildman–Crippen LogP) is 3.21. The van der Waals surface area contributed by atoms with Gasteiger partial charge in [0.05, 0.1) is 18.9 Å². The van der Waals surface area contributed by atoms with E-state index in [1.165, 1.54) is 7.11 Å². The fourth-order valence-corrected chi connectivity index (χ4v) is 2.04. The highest BCUT2D eigenvalue weighted by atomic mass is 35.5. The zero-order valence-corrected chi connectivity index (χ0v) is 15.0. The summed E-state index contributed by atoms with van der Waals surface area (Å²) in [6.07, 6.45) is 0. The molecular formula is C18H23ClN2O4. The van der Waals surface area contributed by atoms with Gasteiger partial charge in [0.15, 0.2) is 5.75 Å². The van der Waals surface area contributed by atoms with Crippen LogP contribution in [0.2, 0.25) is 0 Å². The number of nitrogens with two attached hydrogens (primary N) is 1. The Morgan fingerprint density at radius 2 is 1.76 bits per heavy atom. The lowest BCUT2D eigenvalue weighted by atomic mass is 10.2. The van der Waals surface area contributed by atoms with Crippen molar-refractivity contribution in [2.45, 2.75) is 13.0 Å². The van der Waals surface area contributed by atoms with Crippen LogP contribution in [0.25, 0.3) is 0 Å². The number of ether oxygens (including phenoxy) is 3. The van der Waals surface area contributed by atoms with Gasteiger partial charge in [-0.3, -0.25) is 4.79 Å². The molecule has 1 unspecified atom stereocenters. The number of amides is 1. The number of anilines is 1.